The van der Waals surface area contributed by atoms with Gasteiger partial charge in [-0.3, -0.25) is 4.79 Å². The van der Waals surface area contributed by atoms with E-state index in [0.29, 0.717) is 11.6 Å². The fourth-order valence-electron chi connectivity index (χ4n) is 3.72. The van der Waals surface area contributed by atoms with Crippen LogP contribution in [0.25, 0.3) is 0 Å². The van der Waals surface area contributed by atoms with Gasteiger partial charge in [-0.1, -0.05) is 47.5 Å². The molecule has 1 saturated heterocycles. The maximum absolute atomic E-state index is 12.8. The Morgan fingerprint density at radius 1 is 1.15 bits per heavy atom. The van der Waals surface area contributed by atoms with E-state index in [9.17, 15) is 9.90 Å². The summed E-state index contributed by atoms with van der Waals surface area (Å²) in [5, 5.41) is 11.1. The first-order chi connectivity index (χ1) is 12.4. The van der Waals surface area contributed by atoms with Crippen LogP contribution < -0.4 is 0 Å². The second-order valence-corrected chi connectivity index (χ2v) is 7.76. The van der Waals surface area contributed by atoms with Gasteiger partial charge in [-0.15, -0.1) is 0 Å². The largest absolute Gasteiger partial charge is 0.387 e. The summed E-state index contributed by atoms with van der Waals surface area (Å²) in [5.41, 5.74) is 3.98. The van der Waals surface area contributed by atoms with E-state index in [1.807, 2.05) is 38.1 Å². The minimum atomic E-state index is -0.529. The van der Waals surface area contributed by atoms with Gasteiger partial charge in [0.25, 0.3) is 0 Å². The number of Topliss-reactive ketones (excluding diaryl/α,β-unsaturated/α-hetero) is 1. The SMILES string of the molecule is Cc1ccc(C(=O)C2CCN(C[C@H](O)c3ccc(Cl)cc3)CC2)c(C)c1. The van der Waals surface area contributed by atoms with Gasteiger partial charge >= 0.3 is 0 Å². The maximum atomic E-state index is 12.8. The van der Waals surface area contributed by atoms with E-state index in [1.54, 1.807) is 12.1 Å². The van der Waals surface area contributed by atoms with Gasteiger partial charge in [0.05, 0.1) is 6.10 Å². The number of ketones is 1. The van der Waals surface area contributed by atoms with Crippen LogP contribution in [0.2, 0.25) is 5.02 Å². The zero-order valence-electron chi connectivity index (χ0n) is 15.4. The molecule has 2 aromatic carbocycles. The predicted octanol–water partition coefficient (Wildman–Crippen LogP) is 4.59. The lowest BCUT2D eigenvalue weighted by atomic mass is 9.87. The van der Waals surface area contributed by atoms with E-state index in [2.05, 4.69) is 11.0 Å². The molecule has 1 heterocycles. The van der Waals surface area contributed by atoms with Crippen LogP contribution in [0.4, 0.5) is 0 Å². The summed E-state index contributed by atoms with van der Waals surface area (Å²) in [4.78, 5) is 15.1. The van der Waals surface area contributed by atoms with Gasteiger partial charge in [-0.05, 0) is 63.0 Å². The van der Waals surface area contributed by atoms with Crippen LogP contribution in [-0.2, 0) is 0 Å². The van der Waals surface area contributed by atoms with Crippen molar-refractivity contribution < 1.29 is 9.90 Å². The number of rotatable bonds is 5. The Hall–Kier alpha value is -1.68. The van der Waals surface area contributed by atoms with Crippen molar-refractivity contribution in [2.45, 2.75) is 32.8 Å². The van der Waals surface area contributed by atoms with Crippen molar-refractivity contribution in [3.8, 4) is 0 Å². The van der Waals surface area contributed by atoms with E-state index in [0.717, 1.165) is 42.6 Å². The molecule has 1 aliphatic heterocycles. The van der Waals surface area contributed by atoms with Crippen molar-refractivity contribution >= 4 is 17.4 Å². The molecule has 1 aliphatic rings. The zero-order chi connectivity index (χ0) is 18.7. The van der Waals surface area contributed by atoms with Gasteiger partial charge in [0.15, 0.2) is 5.78 Å². The number of likely N-dealkylation sites (tertiary alicyclic amines) is 1. The number of benzene rings is 2. The lowest BCUT2D eigenvalue weighted by Crippen LogP contribution is -2.38. The predicted molar refractivity (Wildman–Crippen MR) is 106 cm³/mol. The van der Waals surface area contributed by atoms with Gasteiger partial charge in [-0.25, -0.2) is 0 Å². The summed E-state index contributed by atoms with van der Waals surface area (Å²) in [6.07, 6.45) is 1.16. The van der Waals surface area contributed by atoms with Crippen LogP contribution in [0.3, 0.4) is 0 Å². The molecule has 0 unspecified atom stereocenters. The first kappa shape index (κ1) is 19.1. The Morgan fingerprint density at radius 2 is 1.81 bits per heavy atom. The molecule has 2 aromatic rings. The molecule has 26 heavy (non-hydrogen) atoms. The third-order valence-corrected chi connectivity index (χ3v) is 5.54. The van der Waals surface area contributed by atoms with E-state index in [1.165, 1.54) is 5.56 Å². The minimum absolute atomic E-state index is 0.0836. The fraction of sp³-hybridized carbons (Fsp3) is 0.409. The molecule has 0 bridgehead atoms. The van der Waals surface area contributed by atoms with Crippen LogP contribution >= 0.6 is 11.6 Å². The number of aliphatic hydroxyl groups excluding tert-OH is 1. The average Bonchev–Trinajstić information content (AvgIpc) is 2.62. The zero-order valence-corrected chi connectivity index (χ0v) is 16.2. The number of aryl methyl sites for hydroxylation is 2. The van der Waals surface area contributed by atoms with Crippen molar-refractivity contribution in [2.75, 3.05) is 19.6 Å². The molecule has 0 amide bonds. The standard InChI is InChI=1S/C22H26ClNO2/c1-15-3-8-20(16(2)13-15)22(26)18-9-11-24(12-10-18)14-21(25)17-4-6-19(23)7-5-17/h3-8,13,18,21,25H,9-12,14H2,1-2H3/t21-/m0/s1. The number of nitrogens with zero attached hydrogens (tertiary/aromatic N) is 1. The first-order valence-electron chi connectivity index (χ1n) is 9.21. The molecule has 1 fully saturated rings. The van der Waals surface area contributed by atoms with Gasteiger partial charge in [0.2, 0.25) is 0 Å². The van der Waals surface area contributed by atoms with Gasteiger partial charge < -0.3 is 10.0 Å². The van der Waals surface area contributed by atoms with Gasteiger partial charge in [0.1, 0.15) is 0 Å². The Balaban J connectivity index is 1.55. The highest BCUT2D eigenvalue weighted by Gasteiger charge is 2.27. The molecule has 0 saturated carbocycles. The molecule has 138 valence electrons. The Labute approximate surface area is 160 Å². The summed E-state index contributed by atoms with van der Waals surface area (Å²) in [6.45, 7) is 6.33. The van der Waals surface area contributed by atoms with Crippen molar-refractivity contribution in [1.82, 2.24) is 4.90 Å². The molecule has 3 rings (SSSR count). The molecule has 4 heteroatoms. The number of hydrogen-bond donors (Lipinski definition) is 1. The first-order valence-corrected chi connectivity index (χ1v) is 9.59. The number of halogens is 1. The topological polar surface area (TPSA) is 40.5 Å². The third-order valence-electron chi connectivity index (χ3n) is 5.29. The van der Waals surface area contributed by atoms with Crippen LogP contribution in [0.15, 0.2) is 42.5 Å². The molecule has 0 radical (unpaired) electrons. The molecule has 1 N–H and O–H groups in total. The van der Waals surface area contributed by atoms with E-state index in [4.69, 9.17) is 11.6 Å². The number of piperidine rings is 1. The fourth-order valence-corrected chi connectivity index (χ4v) is 3.85. The summed E-state index contributed by atoms with van der Waals surface area (Å²) in [6, 6.07) is 13.4. The summed E-state index contributed by atoms with van der Waals surface area (Å²) >= 11 is 5.90. The van der Waals surface area contributed by atoms with Gasteiger partial charge in [0, 0.05) is 23.0 Å². The molecule has 0 aliphatic carbocycles. The molecular weight excluding hydrogens is 346 g/mol. The molecule has 0 spiro atoms. The quantitative estimate of drug-likeness (QED) is 0.782. The van der Waals surface area contributed by atoms with E-state index < -0.39 is 6.10 Å². The minimum Gasteiger partial charge on any atom is -0.387 e. The van der Waals surface area contributed by atoms with Crippen LogP contribution in [0.5, 0.6) is 0 Å². The lowest BCUT2D eigenvalue weighted by Gasteiger charge is -2.32. The van der Waals surface area contributed by atoms with Crippen molar-refractivity contribution in [2.24, 2.45) is 5.92 Å². The highest BCUT2D eigenvalue weighted by atomic mass is 35.5. The number of hydrogen-bond acceptors (Lipinski definition) is 3. The molecular formula is C22H26ClNO2. The van der Waals surface area contributed by atoms with Crippen molar-refractivity contribution in [1.29, 1.82) is 0 Å². The second kappa shape index (κ2) is 8.34. The van der Waals surface area contributed by atoms with Crippen molar-refractivity contribution in [3.05, 3.63) is 69.7 Å². The number of β-amino-alcohol motifs (C(OH)–C–C–N with tert-alkyl or cyclic N) is 1. The highest BCUT2D eigenvalue weighted by molar-refractivity contribution is 6.30. The van der Waals surface area contributed by atoms with Crippen molar-refractivity contribution in [3.63, 3.8) is 0 Å². The van der Waals surface area contributed by atoms with E-state index >= 15 is 0 Å². The third kappa shape index (κ3) is 4.53. The lowest BCUT2D eigenvalue weighted by molar-refractivity contribution is 0.0726. The maximum Gasteiger partial charge on any atom is 0.166 e. The van der Waals surface area contributed by atoms with Crippen LogP contribution in [0, 0.1) is 19.8 Å². The monoisotopic (exact) mass is 371 g/mol. The summed E-state index contributed by atoms with van der Waals surface area (Å²) in [5.74, 6) is 0.348. The Kier molecular flexibility index (Phi) is 6.13. The number of aliphatic hydroxyl groups is 1. The van der Waals surface area contributed by atoms with E-state index in [-0.39, 0.29) is 11.7 Å². The second-order valence-electron chi connectivity index (χ2n) is 7.32. The Bertz CT molecular complexity index is 764. The number of carbonyl (C=O) groups excluding carboxylic acids is 1. The number of carbonyl (C=O) groups is 1. The normalized spacial score (nSPS) is 17.2. The van der Waals surface area contributed by atoms with Crippen LogP contribution in [0.1, 0.15) is 46.0 Å². The van der Waals surface area contributed by atoms with Gasteiger partial charge in [-0.2, -0.15) is 0 Å². The average molecular weight is 372 g/mol. The van der Waals surface area contributed by atoms with Crippen LogP contribution in [-0.4, -0.2) is 35.4 Å². The molecule has 3 nitrogen and oxygen atoms in total. The highest BCUT2D eigenvalue weighted by Crippen LogP contribution is 2.25. The summed E-state index contributed by atoms with van der Waals surface area (Å²) in [7, 11) is 0. The molecule has 0 aromatic heterocycles. The Morgan fingerprint density at radius 3 is 2.42 bits per heavy atom. The smallest absolute Gasteiger partial charge is 0.166 e. The summed E-state index contributed by atoms with van der Waals surface area (Å²) < 4.78 is 0. The molecule has 1 atom stereocenters.